The zero-order chi connectivity index (χ0) is 15.2. The van der Waals surface area contributed by atoms with E-state index in [4.69, 9.17) is 4.74 Å². The molecule has 4 nitrogen and oxygen atoms in total. The van der Waals surface area contributed by atoms with Gasteiger partial charge in [-0.1, -0.05) is 36.1 Å². The molecule has 0 amide bonds. The van der Waals surface area contributed by atoms with E-state index in [-0.39, 0.29) is 0 Å². The molecule has 0 fully saturated rings. The first-order chi connectivity index (χ1) is 10.1. The molecule has 0 saturated heterocycles. The fourth-order valence-corrected chi connectivity index (χ4v) is 3.87. The predicted molar refractivity (Wildman–Crippen MR) is 89.3 cm³/mol. The Morgan fingerprint density at radius 2 is 2.19 bits per heavy atom. The maximum Gasteiger partial charge on any atom is 0.174 e. The van der Waals surface area contributed by atoms with E-state index >= 15 is 0 Å². The van der Waals surface area contributed by atoms with Crippen LogP contribution >= 0.6 is 23.1 Å². The number of rotatable bonds is 7. The molecule has 6 heteroatoms. The Morgan fingerprint density at radius 1 is 1.38 bits per heavy atom. The van der Waals surface area contributed by atoms with Gasteiger partial charge in [-0.3, -0.25) is 0 Å². The van der Waals surface area contributed by atoms with Crippen LogP contribution in [0.1, 0.15) is 36.0 Å². The van der Waals surface area contributed by atoms with E-state index in [0.717, 1.165) is 27.4 Å². The van der Waals surface area contributed by atoms with Gasteiger partial charge >= 0.3 is 0 Å². The van der Waals surface area contributed by atoms with Crippen LogP contribution in [-0.4, -0.2) is 23.9 Å². The average Bonchev–Trinajstić information content (AvgIpc) is 2.90. The van der Waals surface area contributed by atoms with Gasteiger partial charge in [0.25, 0.3) is 0 Å². The molecule has 1 heterocycles. The van der Waals surface area contributed by atoms with Gasteiger partial charge in [0.15, 0.2) is 4.34 Å². The van der Waals surface area contributed by atoms with Crippen molar-refractivity contribution >= 4 is 23.1 Å². The van der Waals surface area contributed by atoms with Gasteiger partial charge in [-0.15, -0.1) is 10.2 Å². The molecule has 1 aromatic heterocycles. The molecule has 2 aromatic rings. The maximum absolute atomic E-state index is 5.47. The molecule has 114 valence electrons. The molecule has 0 bridgehead atoms. The number of nitrogens with zero attached hydrogens (tertiary/aromatic N) is 2. The number of aryl methyl sites for hydroxylation is 1. The van der Waals surface area contributed by atoms with Crippen LogP contribution in [0, 0.1) is 6.92 Å². The molecule has 0 aliphatic carbocycles. The van der Waals surface area contributed by atoms with Crippen LogP contribution in [0.5, 0.6) is 5.75 Å². The summed E-state index contributed by atoms with van der Waals surface area (Å²) >= 11 is 3.33. The normalized spacial score (nSPS) is 12.4. The van der Waals surface area contributed by atoms with Crippen molar-refractivity contribution in [2.75, 3.05) is 13.7 Å². The summed E-state index contributed by atoms with van der Waals surface area (Å²) < 4.78 is 6.47. The average molecular weight is 323 g/mol. The number of benzene rings is 1. The van der Waals surface area contributed by atoms with E-state index in [2.05, 4.69) is 41.5 Å². The number of hydrogen-bond acceptors (Lipinski definition) is 6. The molecule has 0 aliphatic rings. The standard InChI is InChI=1S/C15H21N3OS2/c1-5-16-10(2)12-6-7-14(19-4)13(8-12)9-20-15-18-17-11(3)21-15/h6-8,10,16H,5,9H2,1-4H3. The minimum absolute atomic E-state index is 0.341. The molecule has 1 atom stereocenters. The van der Waals surface area contributed by atoms with Gasteiger partial charge in [-0.25, -0.2) is 0 Å². The Labute approximate surface area is 134 Å². The summed E-state index contributed by atoms with van der Waals surface area (Å²) in [6, 6.07) is 6.72. The topological polar surface area (TPSA) is 47.0 Å². The third kappa shape index (κ3) is 4.43. The smallest absolute Gasteiger partial charge is 0.174 e. The summed E-state index contributed by atoms with van der Waals surface area (Å²) in [5.74, 6) is 1.76. The highest BCUT2D eigenvalue weighted by Crippen LogP contribution is 2.31. The minimum Gasteiger partial charge on any atom is -0.496 e. The summed E-state index contributed by atoms with van der Waals surface area (Å²) in [6.07, 6.45) is 0. The van der Waals surface area contributed by atoms with Crippen molar-refractivity contribution in [2.24, 2.45) is 0 Å². The molecule has 2 rings (SSSR count). The number of thioether (sulfide) groups is 1. The molecule has 0 aliphatic heterocycles. The van der Waals surface area contributed by atoms with Crippen molar-refractivity contribution in [3.63, 3.8) is 0 Å². The number of hydrogen-bond donors (Lipinski definition) is 1. The molecule has 0 spiro atoms. The highest BCUT2D eigenvalue weighted by atomic mass is 32.2. The first-order valence-electron chi connectivity index (χ1n) is 6.97. The van der Waals surface area contributed by atoms with E-state index in [0.29, 0.717) is 6.04 Å². The van der Waals surface area contributed by atoms with Gasteiger partial charge in [-0.05, 0) is 38.1 Å². The maximum atomic E-state index is 5.47. The van der Waals surface area contributed by atoms with Crippen LogP contribution in [0.3, 0.4) is 0 Å². The monoisotopic (exact) mass is 323 g/mol. The van der Waals surface area contributed by atoms with Crippen LogP contribution in [0.4, 0.5) is 0 Å². The minimum atomic E-state index is 0.341. The fraction of sp³-hybridized carbons (Fsp3) is 0.467. The summed E-state index contributed by atoms with van der Waals surface area (Å²) in [5, 5.41) is 12.6. The Balaban J connectivity index is 2.13. The van der Waals surface area contributed by atoms with E-state index < -0.39 is 0 Å². The van der Waals surface area contributed by atoms with Crippen LogP contribution in [0.25, 0.3) is 0 Å². The van der Waals surface area contributed by atoms with E-state index in [9.17, 15) is 0 Å². The number of nitrogens with one attached hydrogen (secondary N) is 1. The van der Waals surface area contributed by atoms with E-state index in [1.54, 1.807) is 30.2 Å². The summed E-state index contributed by atoms with van der Waals surface area (Å²) in [7, 11) is 1.71. The first kappa shape index (κ1) is 16.3. The lowest BCUT2D eigenvalue weighted by Gasteiger charge is -2.15. The molecule has 1 N–H and O–H groups in total. The second kappa shape index (κ2) is 7.77. The molecular formula is C15H21N3OS2. The number of ether oxygens (including phenoxy) is 1. The van der Waals surface area contributed by atoms with Gasteiger partial charge in [-0.2, -0.15) is 0 Å². The third-order valence-corrected chi connectivity index (χ3v) is 5.19. The van der Waals surface area contributed by atoms with Crippen LogP contribution in [0.2, 0.25) is 0 Å². The lowest BCUT2D eigenvalue weighted by Crippen LogP contribution is -2.17. The zero-order valence-electron chi connectivity index (χ0n) is 12.8. The van der Waals surface area contributed by atoms with Crippen molar-refractivity contribution in [1.29, 1.82) is 0 Å². The largest absolute Gasteiger partial charge is 0.496 e. The fourth-order valence-electron chi connectivity index (χ4n) is 2.08. The second-order valence-corrected chi connectivity index (χ2v) is 7.13. The second-order valence-electron chi connectivity index (χ2n) is 4.73. The number of methoxy groups -OCH3 is 1. The van der Waals surface area contributed by atoms with Crippen molar-refractivity contribution in [3.8, 4) is 5.75 Å². The first-order valence-corrected chi connectivity index (χ1v) is 8.77. The van der Waals surface area contributed by atoms with Gasteiger partial charge < -0.3 is 10.1 Å². The van der Waals surface area contributed by atoms with Crippen molar-refractivity contribution in [3.05, 3.63) is 34.3 Å². The lowest BCUT2D eigenvalue weighted by molar-refractivity contribution is 0.411. The SMILES string of the molecule is CCNC(C)c1ccc(OC)c(CSc2nnc(C)s2)c1. The highest BCUT2D eigenvalue weighted by molar-refractivity contribution is 8.00. The predicted octanol–water partition coefficient (Wildman–Crippen LogP) is 3.82. The summed E-state index contributed by atoms with van der Waals surface area (Å²) in [4.78, 5) is 0. The third-order valence-electron chi connectivity index (χ3n) is 3.17. The van der Waals surface area contributed by atoms with Crippen LogP contribution in [-0.2, 0) is 5.75 Å². The van der Waals surface area contributed by atoms with Crippen LogP contribution < -0.4 is 10.1 Å². The quantitative estimate of drug-likeness (QED) is 0.785. The van der Waals surface area contributed by atoms with E-state index in [1.807, 2.05) is 13.0 Å². The summed E-state index contributed by atoms with van der Waals surface area (Å²) in [6.45, 7) is 7.23. The van der Waals surface area contributed by atoms with E-state index in [1.165, 1.54) is 11.1 Å². The van der Waals surface area contributed by atoms with Crippen molar-refractivity contribution in [1.82, 2.24) is 15.5 Å². The molecule has 1 aromatic carbocycles. The van der Waals surface area contributed by atoms with Gasteiger partial charge in [0.2, 0.25) is 0 Å². The zero-order valence-corrected chi connectivity index (χ0v) is 14.5. The highest BCUT2D eigenvalue weighted by Gasteiger charge is 2.10. The van der Waals surface area contributed by atoms with Gasteiger partial charge in [0.1, 0.15) is 10.8 Å². The Bertz CT molecular complexity index is 586. The van der Waals surface area contributed by atoms with Crippen LogP contribution in [0.15, 0.2) is 22.5 Å². The van der Waals surface area contributed by atoms with Crippen molar-refractivity contribution in [2.45, 2.75) is 36.9 Å². The van der Waals surface area contributed by atoms with Gasteiger partial charge in [0, 0.05) is 17.4 Å². The number of aromatic nitrogens is 2. The molecule has 0 radical (unpaired) electrons. The summed E-state index contributed by atoms with van der Waals surface area (Å²) in [5.41, 5.74) is 2.47. The molecule has 21 heavy (non-hydrogen) atoms. The molecule has 0 saturated carbocycles. The molecule has 1 unspecified atom stereocenters. The Kier molecular flexibility index (Phi) is 6.02. The van der Waals surface area contributed by atoms with Crippen molar-refractivity contribution < 1.29 is 4.74 Å². The molecular weight excluding hydrogens is 302 g/mol. The Morgan fingerprint density at radius 3 is 2.81 bits per heavy atom. The lowest BCUT2D eigenvalue weighted by atomic mass is 10.0. The van der Waals surface area contributed by atoms with Gasteiger partial charge in [0.05, 0.1) is 7.11 Å². The Hall–Kier alpha value is -1.11.